The van der Waals surface area contributed by atoms with E-state index in [4.69, 9.17) is 10.4 Å². The minimum absolute atomic E-state index is 0.502. The molecule has 0 radical (unpaired) electrons. The lowest BCUT2D eigenvalue weighted by Crippen LogP contribution is -2.17. The molecule has 0 saturated carbocycles. The first-order valence-electron chi connectivity index (χ1n) is 3.28. The first-order valence-corrected chi connectivity index (χ1v) is 5.01. The van der Waals surface area contributed by atoms with Gasteiger partial charge in [-0.2, -0.15) is 0 Å². The molecule has 1 atom stereocenters. The summed E-state index contributed by atoms with van der Waals surface area (Å²) in [4.78, 5) is 8.55. The molecular weight excluding hydrogens is 151 g/mol. The van der Waals surface area contributed by atoms with Crippen LogP contribution in [-0.2, 0) is 4.57 Å². The van der Waals surface area contributed by atoms with Crippen molar-refractivity contribution < 1.29 is 9.46 Å². The Bertz CT molecular complexity index is 132. The Balaban J connectivity index is 3.30. The standard InChI is InChI=1S/C5H15N2O2P/c1-5(2)3-4-7-10(6,8)9/h5H,3-4H2,1-2H3,(H4,6,7,8,9). The van der Waals surface area contributed by atoms with Gasteiger partial charge in [-0.25, -0.2) is 10.6 Å². The van der Waals surface area contributed by atoms with Crippen molar-refractivity contribution in [3.63, 3.8) is 0 Å². The molecule has 0 aliphatic carbocycles. The van der Waals surface area contributed by atoms with Crippen LogP contribution in [0, 0.1) is 5.92 Å². The number of nitrogens with two attached hydrogens (primary N) is 1. The van der Waals surface area contributed by atoms with Crippen molar-refractivity contribution in [3.05, 3.63) is 0 Å². The Kier molecular flexibility index (Phi) is 4.13. The van der Waals surface area contributed by atoms with E-state index in [-0.39, 0.29) is 0 Å². The zero-order valence-corrected chi connectivity index (χ0v) is 7.27. The van der Waals surface area contributed by atoms with Crippen LogP contribution < -0.4 is 10.6 Å². The van der Waals surface area contributed by atoms with Crippen molar-refractivity contribution in [3.8, 4) is 0 Å². The van der Waals surface area contributed by atoms with Crippen molar-refractivity contribution in [2.45, 2.75) is 20.3 Å². The van der Waals surface area contributed by atoms with E-state index in [1.165, 1.54) is 0 Å². The molecule has 0 heterocycles. The Labute approximate surface area is 61.4 Å². The fourth-order valence-corrected chi connectivity index (χ4v) is 0.963. The van der Waals surface area contributed by atoms with Gasteiger partial charge in [0.1, 0.15) is 0 Å². The minimum atomic E-state index is -3.47. The zero-order valence-electron chi connectivity index (χ0n) is 6.37. The lowest BCUT2D eigenvalue weighted by Gasteiger charge is -2.08. The van der Waals surface area contributed by atoms with Crippen LogP contribution in [0.1, 0.15) is 20.3 Å². The second-order valence-electron chi connectivity index (χ2n) is 2.71. The summed E-state index contributed by atoms with van der Waals surface area (Å²) >= 11 is 0. The van der Waals surface area contributed by atoms with Gasteiger partial charge in [-0.05, 0) is 12.3 Å². The van der Waals surface area contributed by atoms with E-state index in [2.05, 4.69) is 5.09 Å². The number of hydrogen-bond donors (Lipinski definition) is 3. The van der Waals surface area contributed by atoms with Gasteiger partial charge >= 0.3 is 7.67 Å². The zero-order chi connectivity index (χ0) is 8.20. The normalized spacial score (nSPS) is 17.3. The summed E-state index contributed by atoms with van der Waals surface area (Å²) in [5, 5.41) is 2.34. The van der Waals surface area contributed by atoms with Crippen LogP contribution in [0.25, 0.3) is 0 Å². The maximum absolute atomic E-state index is 10.4. The van der Waals surface area contributed by atoms with Crippen LogP contribution in [-0.4, -0.2) is 11.4 Å². The Hall–Kier alpha value is 0.110. The molecule has 62 valence electrons. The van der Waals surface area contributed by atoms with Gasteiger partial charge in [-0.1, -0.05) is 13.8 Å². The molecule has 0 fully saturated rings. The van der Waals surface area contributed by atoms with Crippen molar-refractivity contribution >= 4 is 7.67 Å². The Morgan fingerprint density at radius 3 is 2.50 bits per heavy atom. The van der Waals surface area contributed by atoms with E-state index < -0.39 is 7.67 Å². The second-order valence-corrected chi connectivity index (χ2v) is 4.28. The highest BCUT2D eigenvalue weighted by Gasteiger charge is 2.07. The molecule has 4 N–H and O–H groups in total. The first kappa shape index (κ1) is 10.1. The highest BCUT2D eigenvalue weighted by Crippen LogP contribution is 2.22. The summed E-state index contributed by atoms with van der Waals surface area (Å²) in [5.74, 6) is 0.527. The molecule has 0 aliphatic heterocycles. The van der Waals surface area contributed by atoms with Crippen molar-refractivity contribution in [1.82, 2.24) is 5.09 Å². The van der Waals surface area contributed by atoms with Gasteiger partial charge in [0.2, 0.25) is 0 Å². The Morgan fingerprint density at radius 1 is 1.70 bits per heavy atom. The molecule has 10 heavy (non-hydrogen) atoms. The minimum Gasteiger partial charge on any atom is -0.322 e. The van der Waals surface area contributed by atoms with Crippen LogP contribution in [0.15, 0.2) is 0 Å². The second kappa shape index (κ2) is 4.09. The summed E-state index contributed by atoms with van der Waals surface area (Å²) in [6.45, 7) is 4.59. The first-order chi connectivity index (χ1) is 4.42. The third-order valence-corrected chi connectivity index (χ3v) is 1.74. The van der Waals surface area contributed by atoms with Gasteiger partial charge in [-0.3, -0.25) is 4.57 Å². The summed E-state index contributed by atoms with van der Waals surface area (Å²) in [6.07, 6.45) is 0.863. The quantitative estimate of drug-likeness (QED) is 0.537. The van der Waals surface area contributed by atoms with Crippen LogP contribution in [0.4, 0.5) is 0 Å². The summed E-state index contributed by atoms with van der Waals surface area (Å²) < 4.78 is 10.4. The summed E-state index contributed by atoms with van der Waals surface area (Å²) in [6, 6.07) is 0. The third kappa shape index (κ3) is 8.11. The number of hydrogen-bond acceptors (Lipinski definition) is 1. The van der Waals surface area contributed by atoms with E-state index in [0.717, 1.165) is 6.42 Å². The highest BCUT2D eigenvalue weighted by atomic mass is 31.2. The van der Waals surface area contributed by atoms with Crippen molar-refractivity contribution in [2.24, 2.45) is 11.4 Å². The average molecular weight is 166 g/mol. The smallest absolute Gasteiger partial charge is 0.322 e. The lowest BCUT2D eigenvalue weighted by molar-refractivity contribution is 0.457. The van der Waals surface area contributed by atoms with Gasteiger partial charge in [-0.15, -0.1) is 0 Å². The van der Waals surface area contributed by atoms with Gasteiger partial charge in [0, 0.05) is 6.54 Å². The molecule has 0 aromatic carbocycles. The molecule has 0 spiro atoms. The van der Waals surface area contributed by atoms with Gasteiger partial charge in [0.15, 0.2) is 0 Å². The van der Waals surface area contributed by atoms with Gasteiger partial charge in [0.05, 0.1) is 0 Å². The molecule has 1 unspecified atom stereocenters. The van der Waals surface area contributed by atoms with Crippen LogP contribution in [0.3, 0.4) is 0 Å². The van der Waals surface area contributed by atoms with Crippen molar-refractivity contribution in [1.29, 1.82) is 0 Å². The van der Waals surface area contributed by atoms with E-state index in [1.807, 2.05) is 13.8 Å². The molecule has 0 aliphatic rings. The molecule has 5 heteroatoms. The monoisotopic (exact) mass is 166 g/mol. The Morgan fingerprint density at radius 2 is 2.20 bits per heavy atom. The number of rotatable bonds is 4. The molecule has 4 nitrogen and oxygen atoms in total. The van der Waals surface area contributed by atoms with Crippen LogP contribution in [0.2, 0.25) is 0 Å². The maximum Gasteiger partial charge on any atom is 0.335 e. The molecule has 0 rings (SSSR count). The molecule has 0 bridgehead atoms. The third-order valence-electron chi connectivity index (χ3n) is 1.06. The lowest BCUT2D eigenvalue weighted by atomic mass is 10.1. The van der Waals surface area contributed by atoms with Crippen molar-refractivity contribution in [2.75, 3.05) is 6.54 Å². The maximum atomic E-state index is 10.4. The van der Waals surface area contributed by atoms with Gasteiger partial charge < -0.3 is 4.89 Å². The van der Waals surface area contributed by atoms with E-state index >= 15 is 0 Å². The van der Waals surface area contributed by atoms with Crippen LogP contribution >= 0.6 is 7.67 Å². The molecule has 0 amide bonds. The molecular formula is C5H15N2O2P. The largest absolute Gasteiger partial charge is 0.335 e. The topological polar surface area (TPSA) is 75.3 Å². The van der Waals surface area contributed by atoms with E-state index in [1.54, 1.807) is 0 Å². The fraction of sp³-hybridized carbons (Fsp3) is 1.00. The fourth-order valence-electron chi connectivity index (χ4n) is 0.513. The van der Waals surface area contributed by atoms with Gasteiger partial charge in [0.25, 0.3) is 0 Å². The van der Waals surface area contributed by atoms with E-state index in [9.17, 15) is 4.57 Å². The average Bonchev–Trinajstić information content (AvgIpc) is 1.59. The number of nitrogens with one attached hydrogen (secondary N) is 1. The molecule has 0 saturated heterocycles. The molecule has 0 aromatic rings. The highest BCUT2D eigenvalue weighted by molar-refractivity contribution is 7.53. The molecule has 0 aromatic heterocycles. The predicted octanol–water partition coefficient (Wildman–Crippen LogP) is 0.681. The van der Waals surface area contributed by atoms with E-state index in [0.29, 0.717) is 12.5 Å². The summed E-state index contributed by atoms with van der Waals surface area (Å²) in [5.41, 5.74) is 4.82. The van der Waals surface area contributed by atoms with Crippen LogP contribution in [0.5, 0.6) is 0 Å². The summed E-state index contributed by atoms with van der Waals surface area (Å²) in [7, 11) is -3.47. The SMILES string of the molecule is CC(C)CCNP(N)(=O)O. The predicted molar refractivity (Wildman–Crippen MR) is 41.5 cm³/mol.